The van der Waals surface area contributed by atoms with Gasteiger partial charge in [0, 0.05) is 12.0 Å². The van der Waals surface area contributed by atoms with E-state index in [1.165, 1.54) is 29.5 Å². The van der Waals surface area contributed by atoms with E-state index in [4.69, 9.17) is 0 Å². The topological polar surface area (TPSA) is 54.9 Å². The Morgan fingerprint density at radius 2 is 2.05 bits per heavy atom. The van der Waals surface area contributed by atoms with Gasteiger partial charge in [0.1, 0.15) is 10.8 Å². The molecule has 0 aliphatic heterocycles. The Labute approximate surface area is 119 Å². The number of amides is 1. The lowest BCUT2D eigenvalue weighted by molar-refractivity contribution is -0.111. The Kier molecular flexibility index (Phi) is 3.56. The molecule has 0 bridgehead atoms. The van der Waals surface area contributed by atoms with E-state index in [9.17, 15) is 9.18 Å². The minimum atomic E-state index is -0.298. The molecule has 1 aliphatic carbocycles. The van der Waals surface area contributed by atoms with Crippen LogP contribution in [0.4, 0.5) is 9.52 Å². The first-order valence-electron chi connectivity index (χ1n) is 6.29. The molecule has 1 aromatic carbocycles. The van der Waals surface area contributed by atoms with E-state index in [1.54, 1.807) is 18.2 Å². The maximum absolute atomic E-state index is 12.7. The van der Waals surface area contributed by atoms with Crippen LogP contribution >= 0.6 is 11.3 Å². The maximum atomic E-state index is 12.7. The van der Waals surface area contributed by atoms with Crippen molar-refractivity contribution >= 4 is 28.5 Å². The molecule has 1 amide bonds. The zero-order valence-electron chi connectivity index (χ0n) is 10.5. The smallest absolute Gasteiger partial charge is 0.250 e. The molecule has 0 spiro atoms. The number of carbonyl (C=O) groups excluding carboxylic acids is 1. The van der Waals surface area contributed by atoms with Crippen LogP contribution < -0.4 is 5.32 Å². The lowest BCUT2D eigenvalue weighted by Gasteiger charge is -1.95. The molecule has 4 nitrogen and oxygen atoms in total. The molecule has 102 valence electrons. The highest BCUT2D eigenvalue weighted by molar-refractivity contribution is 7.15. The Balaban J connectivity index is 1.59. The van der Waals surface area contributed by atoms with Crippen LogP contribution in [0.5, 0.6) is 0 Å². The van der Waals surface area contributed by atoms with Crippen LogP contribution in [0.3, 0.4) is 0 Å². The second kappa shape index (κ2) is 5.50. The van der Waals surface area contributed by atoms with Crippen LogP contribution in [0.15, 0.2) is 30.3 Å². The molecule has 2 aromatic rings. The third-order valence-corrected chi connectivity index (χ3v) is 3.90. The van der Waals surface area contributed by atoms with Gasteiger partial charge in [0.05, 0.1) is 0 Å². The third kappa shape index (κ3) is 3.27. The summed E-state index contributed by atoms with van der Waals surface area (Å²) in [5.41, 5.74) is 0.762. The molecular formula is C14H12FN3OS. The molecule has 0 radical (unpaired) electrons. The van der Waals surface area contributed by atoms with Gasteiger partial charge in [-0.25, -0.2) is 4.39 Å². The van der Waals surface area contributed by atoms with E-state index < -0.39 is 0 Å². The highest BCUT2D eigenvalue weighted by atomic mass is 32.1. The van der Waals surface area contributed by atoms with Crippen molar-refractivity contribution in [2.24, 2.45) is 0 Å². The van der Waals surface area contributed by atoms with Gasteiger partial charge in [-0.15, -0.1) is 10.2 Å². The monoisotopic (exact) mass is 289 g/mol. The molecule has 0 atom stereocenters. The van der Waals surface area contributed by atoms with Crippen molar-refractivity contribution in [1.82, 2.24) is 10.2 Å². The van der Waals surface area contributed by atoms with Crippen molar-refractivity contribution in [3.8, 4) is 0 Å². The lowest BCUT2D eigenvalue weighted by atomic mass is 10.2. The predicted octanol–water partition coefficient (Wildman–Crippen LogP) is 3.21. The van der Waals surface area contributed by atoms with Crippen molar-refractivity contribution in [3.63, 3.8) is 0 Å². The van der Waals surface area contributed by atoms with Gasteiger partial charge in [-0.3, -0.25) is 10.1 Å². The first kappa shape index (κ1) is 12.9. The Hall–Kier alpha value is -2.08. The van der Waals surface area contributed by atoms with Crippen LogP contribution in [-0.4, -0.2) is 16.1 Å². The predicted molar refractivity (Wildman–Crippen MR) is 75.9 cm³/mol. The number of aromatic nitrogens is 2. The van der Waals surface area contributed by atoms with Gasteiger partial charge in [-0.05, 0) is 36.6 Å². The summed E-state index contributed by atoms with van der Waals surface area (Å²) >= 11 is 1.42. The van der Waals surface area contributed by atoms with Gasteiger partial charge >= 0.3 is 0 Å². The minimum absolute atomic E-state index is 0.271. The summed E-state index contributed by atoms with van der Waals surface area (Å²) in [7, 11) is 0. The number of carbonyl (C=O) groups is 1. The first-order chi connectivity index (χ1) is 9.70. The van der Waals surface area contributed by atoms with Crippen LogP contribution in [0.1, 0.15) is 29.3 Å². The van der Waals surface area contributed by atoms with E-state index >= 15 is 0 Å². The summed E-state index contributed by atoms with van der Waals surface area (Å²) < 4.78 is 12.7. The average Bonchev–Trinajstić information content (AvgIpc) is 3.19. The highest BCUT2D eigenvalue weighted by Crippen LogP contribution is 2.41. The Bertz CT molecular complexity index is 647. The standard InChI is InChI=1S/C14H12FN3OS/c15-11-6-1-9(2-7-11)3-8-12(19)16-14-18-17-13(20-14)10-4-5-10/h1-3,6-8,10H,4-5H2,(H,16,18,19)/b8-3+. The zero-order valence-corrected chi connectivity index (χ0v) is 11.4. The molecule has 20 heavy (non-hydrogen) atoms. The van der Waals surface area contributed by atoms with E-state index in [0.717, 1.165) is 23.4 Å². The molecule has 3 rings (SSSR count). The number of hydrogen-bond acceptors (Lipinski definition) is 4. The molecular weight excluding hydrogens is 277 g/mol. The number of hydrogen-bond donors (Lipinski definition) is 1. The second-order valence-electron chi connectivity index (χ2n) is 4.59. The summed E-state index contributed by atoms with van der Waals surface area (Å²) in [6, 6.07) is 5.92. The average molecular weight is 289 g/mol. The van der Waals surface area contributed by atoms with Crippen molar-refractivity contribution in [2.75, 3.05) is 5.32 Å². The van der Waals surface area contributed by atoms with Gasteiger partial charge in [-0.1, -0.05) is 23.5 Å². The van der Waals surface area contributed by atoms with Crippen LogP contribution in [0, 0.1) is 5.82 Å². The van der Waals surface area contributed by atoms with E-state index in [1.807, 2.05) is 0 Å². The van der Waals surface area contributed by atoms with E-state index in [2.05, 4.69) is 15.5 Å². The van der Waals surface area contributed by atoms with Crippen LogP contribution in [-0.2, 0) is 4.79 Å². The third-order valence-electron chi connectivity index (χ3n) is 2.89. The summed E-state index contributed by atoms with van der Waals surface area (Å²) in [5, 5.41) is 12.2. The summed E-state index contributed by atoms with van der Waals surface area (Å²) in [5.74, 6) is -0.0335. The van der Waals surface area contributed by atoms with Crippen molar-refractivity contribution in [3.05, 3.63) is 46.7 Å². The fourth-order valence-corrected chi connectivity index (χ4v) is 2.59. The first-order valence-corrected chi connectivity index (χ1v) is 7.10. The minimum Gasteiger partial charge on any atom is -0.297 e. The van der Waals surface area contributed by atoms with Crippen molar-refractivity contribution < 1.29 is 9.18 Å². The van der Waals surface area contributed by atoms with E-state index in [0.29, 0.717) is 11.0 Å². The largest absolute Gasteiger partial charge is 0.297 e. The Morgan fingerprint density at radius 3 is 2.75 bits per heavy atom. The van der Waals surface area contributed by atoms with Gasteiger partial charge in [0.15, 0.2) is 0 Å². The summed E-state index contributed by atoms with van der Waals surface area (Å²) in [6.45, 7) is 0. The number of benzene rings is 1. The number of rotatable bonds is 4. The summed E-state index contributed by atoms with van der Waals surface area (Å²) in [6.07, 6.45) is 5.34. The molecule has 1 aliphatic rings. The van der Waals surface area contributed by atoms with Gasteiger partial charge in [0.25, 0.3) is 0 Å². The van der Waals surface area contributed by atoms with Crippen molar-refractivity contribution in [1.29, 1.82) is 0 Å². The van der Waals surface area contributed by atoms with Crippen LogP contribution in [0.2, 0.25) is 0 Å². The normalized spacial score (nSPS) is 14.7. The number of nitrogens with zero attached hydrogens (tertiary/aromatic N) is 2. The fourth-order valence-electron chi connectivity index (χ4n) is 1.67. The molecule has 6 heteroatoms. The van der Waals surface area contributed by atoms with Gasteiger partial charge in [-0.2, -0.15) is 0 Å². The van der Waals surface area contributed by atoms with Gasteiger partial charge < -0.3 is 0 Å². The number of nitrogens with one attached hydrogen (secondary N) is 1. The quantitative estimate of drug-likeness (QED) is 0.879. The summed E-state index contributed by atoms with van der Waals surface area (Å²) in [4.78, 5) is 11.7. The van der Waals surface area contributed by atoms with E-state index in [-0.39, 0.29) is 11.7 Å². The molecule has 1 heterocycles. The molecule has 0 saturated heterocycles. The van der Waals surface area contributed by atoms with Crippen LogP contribution in [0.25, 0.3) is 6.08 Å². The SMILES string of the molecule is O=C(/C=C/c1ccc(F)cc1)Nc1nnc(C2CC2)s1. The zero-order chi connectivity index (χ0) is 13.9. The molecule has 0 unspecified atom stereocenters. The molecule has 1 saturated carbocycles. The highest BCUT2D eigenvalue weighted by Gasteiger charge is 2.27. The molecule has 1 aromatic heterocycles. The lowest BCUT2D eigenvalue weighted by Crippen LogP contribution is -2.07. The molecule has 1 N–H and O–H groups in total. The fraction of sp³-hybridized carbons (Fsp3) is 0.214. The van der Waals surface area contributed by atoms with Gasteiger partial charge in [0.2, 0.25) is 11.0 Å². The number of anilines is 1. The maximum Gasteiger partial charge on any atom is 0.250 e. The second-order valence-corrected chi connectivity index (χ2v) is 5.60. The van der Waals surface area contributed by atoms with Crippen molar-refractivity contribution in [2.45, 2.75) is 18.8 Å². The number of halogens is 1. The Morgan fingerprint density at radius 1 is 1.30 bits per heavy atom. The molecule has 1 fully saturated rings.